The summed E-state index contributed by atoms with van der Waals surface area (Å²) in [4.78, 5) is 0. The molecule has 0 fully saturated rings. The lowest BCUT2D eigenvalue weighted by molar-refractivity contribution is 0.318. The first kappa shape index (κ1) is 14.4. The van der Waals surface area contributed by atoms with Gasteiger partial charge in [0.05, 0.1) is 5.75 Å². The highest BCUT2D eigenvalue weighted by atomic mass is 32.2. The summed E-state index contributed by atoms with van der Waals surface area (Å²) in [6.07, 6.45) is 3.69. The van der Waals surface area contributed by atoms with Crippen molar-refractivity contribution in [3.05, 3.63) is 36.0 Å². The smallest absolute Gasteiger partial charge is 0.170 e. The average Bonchev–Trinajstić information content (AvgIpc) is 2.79. The fraction of sp³-hybridized carbons (Fsp3) is 0.308. The lowest BCUT2D eigenvalue weighted by Crippen LogP contribution is -2.13. The summed E-state index contributed by atoms with van der Waals surface area (Å²) < 4.78 is 24.2. The van der Waals surface area contributed by atoms with Gasteiger partial charge in [-0.1, -0.05) is 17.3 Å². The summed E-state index contributed by atoms with van der Waals surface area (Å²) in [7, 11) is -2.94. The molecule has 0 aliphatic rings. The number of sulfone groups is 1. The molecule has 0 amide bonds. The Morgan fingerprint density at radius 1 is 1.40 bits per heavy atom. The van der Waals surface area contributed by atoms with Crippen molar-refractivity contribution in [2.24, 2.45) is 10.9 Å². The fourth-order valence-corrected chi connectivity index (χ4v) is 2.75. The second-order valence-electron chi connectivity index (χ2n) is 4.75. The molecule has 0 aliphatic carbocycles. The van der Waals surface area contributed by atoms with Gasteiger partial charge in [-0.05, 0) is 23.9 Å². The van der Waals surface area contributed by atoms with Gasteiger partial charge in [-0.2, -0.15) is 0 Å². The summed E-state index contributed by atoms with van der Waals surface area (Å²) in [5.74, 6) is 0.211. The lowest BCUT2D eigenvalue weighted by Gasteiger charge is -2.06. The van der Waals surface area contributed by atoms with Crippen LogP contribution in [0.1, 0.15) is 12.0 Å². The second-order valence-corrected chi connectivity index (χ2v) is 7.01. The molecular weight excluding hydrogens is 278 g/mol. The van der Waals surface area contributed by atoms with E-state index in [9.17, 15) is 8.42 Å². The van der Waals surface area contributed by atoms with E-state index in [1.54, 1.807) is 6.07 Å². The lowest BCUT2D eigenvalue weighted by atomic mass is 10.1. The minimum Gasteiger partial charge on any atom is -0.409 e. The molecule has 0 saturated heterocycles. The fourth-order valence-electron chi connectivity index (χ4n) is 2.09. The van der Waals surface area contributed by atoms with Gasteiger partial charge >= 0.3 is 0 Å². The van der Waals surface area contributed by atoms with Gasteiger partial charge in [0.25, 0.3) is 0 Å². The Kier molecular flexibility index (Phi) is 3.99. The molecule has 0 radical (unpaired) electrons. The first-order valence-corrected chi connectivity index (χ1v) is 8.21. The Labute approximate surface area is 117 Å². The summed E-state index contributed by atoms with van der Waals surface area (Å²) in [5.41, 5.74) is 7.13. The molecule has 7 heteroatoms. The van der Waals surface area contributed by atoms with Crippen LogP contribution < -0.4 is 5.73 Å². The summed E-state index contributed by atoms with van der Waals surface area (Å²) in [6.45, 7) is 0.607. The molecule has 0 saturated carbocycles. The Hall–Kier alpha value is -2.02. The zero-order valence-corrected chi connectivity index (χ0v) is 12.0. The third kappa shape index (κ3) is 3.30. The van der Waals surface area contributed by atoms with Gasteiger partial charge in [0.1, 0.15) is 9.84 Å². The number of amidine groups is 1. The standard InChI is InChI=1S/C13H17N3O3S/c1-20(18,19)8-2-6-16-7-5-10-3-4-11(9-12(10)16)13(14)15-17/h3-5,7,9,17H,2,6,8H2,1H3,(H2,14,15). The van der Waals surface area contributed by atoms with E-state index in [0.29, 0.717) is 18.5 Å². The van der Waals surface area contributed by atoms with Crippen molar-refractivity contribution in [3.8, 4) is 0 Å². The third-order valence-electron chi connectivity index (χ3n) is 3.09. The maximum atomic E-state index is 11.1. The first-order valence-electron chi connectivity index (χ1n) is 6.15. The maximum absolute atomic E-state index is 11.1. The van der Waals surface area contributed by atoms with Gasteiger partial charge in [0, 0.05) is 30.1 Å². The van der Waals surface area contributed by atoms with E-state index in [0.717, 1.165) is 10.9 Å². The number of aromatic nitrogens is 1. The molecule has 0 spiro atoms. The van der Waals surface area contributed by atoms with Crippen molar-refractivity contribution in [2.45, 2.75) is 13.0 Å². The maximum Gasteiger partial charge on any atom is 0.170 e. The topological polar surface area (TPSA) is 97.7 Å². The molecule has 1 aromatic heterocycles. The summed E-state index contributed by atoms with van der Waals surface area (Å²) in [6, 6.07) is 7.44. The van der Waals surface area contributed by atoms with E-state index in [1.807, 2.05) is 29.0 Å². The Bertz CT molecular complexity index is 747. The molecule has 1 aromatic carbocycles. The van der Waals surface area contributed by atoms with Crippen molar-refractivity contribution in [1.29, 1.82) is 0 Å². The van der Waals surface area contributed by atoms with Crippen LogP contribution >= 0.6 is 0 Å². The molecule has 20 heavy (non-hydrogen) atoms. The molecule has 0 bridgehead atoms. The van der Waals surface area contributed by atoms with E-state index >= 15 is 0 Å². The van der Waals surface area contributed by atoms with Gasteiger partial charge in [0.2, 0.25) is 0 Å². The summed E-state index contributed by atoms with van der Waals surface area (Å²) in [5, 5.41) is 12.7. The Morgan fingerprint density at radius 3 is 2.80 bits per heavy atom. The average molecular weight is 295 g/mol. The minimum absolute atomic E-state index is 0.0517. The largest absolute Gasteiger partial charge is 0.409 e. The van der Waals surface area contributed by atoms with Crippen molar-refractivity contribution < 1.29 is 13.6 Å². The number of rotatable bonds is 5. The number of oxime groups is 1. The molecule has 0 atom stereocenters. The van der Waals surface area contributed by atoms with Crippen LogP contribution in [0.25, 0.3) is 10.9 Å². The second kappa shape index (κ2) is 5.54. The zero-order chi connectivity index (χ0) is 14.8. The molecule has 0 aliphatic heterocycles. The number of nitrogens with zero attached hydrogens (tertiary/aromatic N) is 2. The van der Waals surface area contributed by atoms with Gasteiger partial charge in [-0.3, -0.25) is 0 Å². The van der Waals surface area contributed by atoms with Gasteiger partial charge in [-0.25, -0.2) is 8.42 Å². The molecular formula is C13H17N3O3S. The predicted molar refractivity (Wildman–Crippen MR) is 78.8 cm³/mol. The van der Waals surface area contributed by atoms with E-state index in [4.69, 9.17) is 10.9 Å². The highest BCUT2D eigenvalue weighted by Crippen LogP contribution is 2.18. The van der Waals surface area contributed by atoms with Gasteiger partial charge < -0.3 is 15.5 Å². The SMILES string of the molecule is CS(=O)(=O)CCCn1ccc2ccc(/C(N)=N/O)cc21. The van der Waals surface area contributed by atoms with Crippen LogP contribution in [0.2, 0.25) is 0 Å². The minimum atomic E-state index is -2.94. The molecule has 2 rings (SSSR count). The number of hydrogen-bond donors (Lipinski definition) is 2. The van der Waals surface area contributed by atoms with Crippen LogP contribution in [-0.4, -0.2) is 36.0 Å². The molecule has 1 heterocycles. The molecule has 0 unspecified atom stereocenters. The Morgan fingerprint density at radius 2 is 2.15 bits per heavy atom. The van der Waals surface area contributed by atoms with Crippen molar-refractivity contribution in [2.75, 3.05) is 12.0 Å². The Balaban J connectivity index is 2.26. The third-order valence-corrected chi connectivity index (χ3v) is 4.12. The van der Waals surface area contributed by atoms with Crippen LogP contribution in [0.5, 0.6) is 0 Å². The quantitative estimate of drug-likeness (QED) is 0.374. The number of hydrogen-bond acceptors (Lipinski definition) is 4. The van der Waals surface area contributed by atoms with Gasteiger partial charge in [-0.15, -0.1) is 0 Å². The molecule has 3 N–H and O–H groups in total. The zero-order valence-electron chi connectivity index (χ0n) is 11.2. The highest BCUT2D eigenvalue weighted by molar-refractivity contribution is 7.90. The monoisotopic (exact) mass is 295 g/mol. The molecule has 6 nitrogen and oxygen atoms in total. The number of nitrogens with two attached hydrogens (primary N) is 1. The number of aryl methyl sites for hydroxylation is 1. The van der Waals surface area contributed by atoms with Crippen molar-refractivity contribution in [3.63, 3.8) is 0 Å². The van der Waals surface area contributed by atoms with Crippen LogP contribution in [0.15, 0.2) is 35.6 Å². The van der Waals surface area contributed by atoms with E-state index in [1.165, 1.54) is 6.26 Å². The predicted octanol–water partition coefficient (Wildman–Crippen LogP) is 1.17. The summed E-state index contributed by atoms with van der Waals surface area (Å²) >= 11 is 0. The van der Waals surface area contributed by atoms with Crippen LogP contribution in [-0.2, 0) is 16.4 Å². The first-order chi connectivity index (χ1) is 9.40. The van der Waals surface area contributed by atoms with E-state index in [2.05, 4.69) is 5.16 Å². The molecule has 2 aromatic rings. The highest BCUT2D eigenvalue weighted by Gasteiger charge is 2.07. The van der Waals surface area contributed by atoms with Gasteiger partial charge in [0.15, 0.2) is 5.84 Å². The molecule has 108 valence electrons. The van der Waals surface area contributed by atoms with E-state index < -0.39 is 9.84 Å². The number of benzene rings is 1. The van der Waals surface area contributed by atoms with Crippen LogP contribution in [0.4, 0.5) is 0 Å². The van der Waals surface area contributed by atoms with Crippen molar-refractivity contribution in [1.82, 2.24) is 4.57 Å². The number of fused-ring (bicyclic) bond motifs is 1. The van der Waals surface area contributed by atoms with Crippen LogP contribution in [0.3, 0.4) is 0 Å². The van der Waals surface area contributed by atoms with Crippen LogP contribution in [0, 0.1) is 0 Å². The van der Waals surface area contributed by atoms with Crippen molar-refractivity contribution >= 4 is 26.6 Å². The normalized spacial score (nSPS) is 12.9. The van der Waals surface area contributed by atoms with E-state index in [-0.39, 0.29) is 11.6 Å².